The van der Waals surface area contributed by atoms with E-state index in [2.05, 4.69) is 4.74 Å². The summed E-state index contributed by atoms with van der Waals surface area (Å²) in [6.07, 6.45) is -0.311. The van der Waals surface area contributed by atoms with Gasteiger partial charge < -0.3 is 9.47 Å². The van der Waals surface area contributed by atoms with Crippen LogP contribution in [0.5, 0.6) is 0 Å². The van der Waals surface area contributed by atoms with E-state index in [1.165, 1.54) is 14.2 Å². The molecule has 0 aliphatic heterocycles. The maximum Gasteiger partial charge on any atom is 0.326 e. The zero-order valence-corrected chi connectivity index (χ0v) is 7.01. The molecule has 2 atom stereocenters. The minimum absolute atomic E-state index is 0.311. The molecule has 0 saturated heterocycles. The van der Waals surface area contributed by atoms with Gasteiger partial charge in [0.15, 0.2) is 5.38 Å². The minimum Gasteiger partial charge on any atom is -0.468 e. The molecule has 0 heterocycles. The highest BCUT2D eigenvalue weighted by molar-refractivity contribution is 6.30. The first-order valence-electron chi connectivity index (χ1n) is 2.88. The molecule has 4 heteroatoms. The van der Waals surface area contributed by atoms with Crippen molar-refractivity contribution in [1.82, 2.24) is 0 Å². The Hall–Kier alpha value is -0.280. The molecule has 0 N–H and O–H groups in total. The van der Waals surface area contributed by atoms with Crippen molar-refractivity contribution in [3.05, 3.63) is 0 Å². The van der Waals surface area contributed by atoms with Gasteiger partial charge in [0.1, 0.15) is 0 Å². The highest BCUT2D eigenvalue weighted by Crippen LogP contribution is 2.06. The van der Waals surface area contributed by atoms with Crippen molar-refractivity contribution in [2.75, 3.05) is 14.2 Å². The van der Waals surface area contributed by atoms with Crippen LogP contribution in [0.15, 0.2) is 0 Å². The number of carbonyl (C=O) groups is 1. The van der Waals surface area contributed by atoms with E-state index in [9.17, 15) is 4.79 Å². The number of alkyl halides is 1. The second-order valence-electron chi connectivity index (χ2n) is 1.87. The lowest BCUT2D eigenvalue weighted by atomic mass is 10.3. The van der Waals surface area contributed by atoms with Crippen molar-refractivity contribution in [1.29, 1.82) is 0 Å². The third-order valence-electron chi connectivity index (χ3n) is 1.21. The van der Waals surface area contributed by atoms with Gasteiger partial charge in [-0.2, -0.15) is 0 Å². The van der Waals surface area contributed by atoms with Gasteiger partial charge in [-0.15, -0.1) is 11.6 Å². The second-order valence-corrected chi connectivity index (χ2v) is 2.34. The third kappa shape index (κ3) is 2.54. The van der Waals surface area contributed by atoms with Crippen LogP contribution >= 0.6 is 11.6 Å². The van der Waals surface area contributed by atoms with Crippen LogP contribution in [0.3, 0.4) is 0 Å². The van der Waals surface area contributed by atoms with Crippen LogP contribution in [-0.2, 0) is 14.3 Å². The molecule has 0 aliphatic carbocycles. The van der Waals surface area contributed by atoms with Crippen molar-refractivity contribution < 1.29 is 14.3 Å². The molecule has 2 unspecified atom stereocenters. The summed E-state index contributed by atoms with van der Waals surface area (Å²) >= 11 is 5.58. The molecule has 0 aromatic carbocycles. The van der Waals surface area contributed by atoms with Crippen LogP contribution in [0.25, 0.3) is 0 Å². The van der Waals surface area contributed by atoms with Crippen LogP contribution in [0.4, 0.5) is 0 Å². The van der Waals surface area contributed by atoms with Gasteiger partial charge in [0.25, 0.3) is 0 Å². The molecule has 0 amide bonds. The van der Waals surface area contributed by atoms with Crippen LogP contribution < -0.4 is 0 Å². The summed E-state index contributed by atoms with van der Waals surface area (Å²) in [6.45, 7) is 1.70. The van der Waals surface area contributed by atoms with Crippen molar-refractivity contribution in [2.45, 2.75) is 18.4 Å². The number of halogens is 1. The van der Waals surface area contributed by atoms with Crippen LogP contribution in [0.2, 0.25) is 0 Å². The molecular formula is C6H11ClO3. The fraction of sp³-hybridized carbons (Fsp3) is 0.833. The molecule has 60 valence electrons. The Morgan fingerprint density at radius 2 is 2.00 bits per heavy atom. The summed E-state index contributed by atoms with van der Waals surface area (Å²) in [4.78, 5) is 10.7. The van der Waals surface area contributed by atoms with E-state index < -0.39 is 11.3 Å². The first-order chi connectivity index (χ1) is 4.63. The molecule has 0 aromatic rings. The normalized spacial score (nSPS) is 16.0. The van der Waals surface area contributed by atoms with Gasteiger partial charge in [-0.3, -0.25) is 4.79 Å². The highest BCUT2D eigenvalue weighted by atomic mass is 35.5. The Morgan fingerprint density at radius 3 is 2.30 bits per heavy atom. The highest BCUT2D eigenvalue weighted by Gasteiger charge is 2.22. The SMILES string of the molecule is COC(=O)C(Cl)C(C)OC. The first-order valence-corrected chi connectivity index (χ1v) is 3.31. The Bertz CT molecular complexity index is 116. The van der Waals surface area contributed by atoms with E-state index in [1.54, 1.807) is 6.92 Å². The first kappa shape index (κ1) is 9.72. The number of ether oxygens (including phenoxy) is 2. The van der Waals surface area contributed by atoms with Crippen LogP contribution in [-0.4, -0.2) is 31.7 Å². The monoisotopic (exact) mass is 166 g/mol. The lowest BCUT2D eigenvalue weighted by molar-refractivity contribution is -0.142. The predicted molar refractivity (Wildman–Crippen MR) is 38.1 cm³/mol. The topological polar surface area (TPSA) is 35.5 Å². The quantitative estimate of drug-likeness (QED) is 0.460. The zero-order chi connectivity index (χ0) is 8.15. The van der Waals surface area contributed by atoms with Crippen LogP contribution in [0, 0.1) is 0 Å². The molecule has 3 nitrogen and oxygen atoms in total. The number of rotatable bonds is 3. The lowest BCUT2D eigenvalue weighted by Gasteiger charge is -2.13. The van der Waals surface area contributed by atoms with Gasteiger partial charge >= 0.3 is 5.97 Å². The standard InChI is InChI=1S/C6H11ClO3/c1-4(9-2)5(7)6(8)10-3/h4-5H,1-3H3. The third-order valence-corrected chi connectivity index (χ3v) is 1.74. The van der Waals surface area contributed by atoms with Gasteiger partial charge in [0, 0.05) is 7.11 Å². The molecule has 0 fully saturated rings. The molecule has 0 spiro atoms. The predicted octanol–water partition coefficient (Wildman–Crippen LogP) is 0.802. The van der Waals surface area contributed by atoms with Gasteiger partial charge in [-0.25, -0.2) is 0 Å². The maximum atomic E-state index is 10.7. The fourth-order valence-electron chi connectivity index (χ4n) is 0.424. The van der Waals surface area contributed by atoms with Crippen molar-refractivity contribution in [3.63, 3.8) is 0 Å². The van der Waals surface area contributed by atoms with Gasteiger partial charge in [-0.05, 0) is 6.92 Å². The fourth-order valence-corrected chi connectivity index (χ4v) is 0.616. The van der Waals surface area contributed by atoms with E-state index >= 15 is 0 Å². The summed E-state index contributed by atoms with van der Waals surface area (Å²) < 4.78 is 9.19. The average Bonchev–Trinajstić information content (AvgIpc) is 2.00. The van der Waals surface area contributed by atoms with Crippen LogP contribution in [0.1, 0.15) is 6.92 Å². The average molecular weight is 167 g/mol. The number of hydrogen-bond donors (Lipinski definition) is 0. The van der Waals surface area contributed by atoms with E-state index in [-0.39, 0.29) is 6.10 Å². The number of methoxy groups -OCH3 is 2. The molecule has 0 aromatic heterocycles. The molecule has 0 saturated carbocycles. The number of hydrogen-bond acceptors (Lipinski definition) is 3. The molecule has 0 aliphatic rings. The lowest BCUT2D eigenvalue weighted by Crippen LogP contribution is -2.29. The Balaban J connectivity index is 3.81. The summed E-state index contributed by atoms with van der Waals surface area (Å²) in [7, 11) is 2.78. The smallest absolute Gasteiger partial charge is 0.326 e. The molecule has 10 heavy (non-hydrogen) atoms. The Kier molecular flexibility index (Phi) is 4.40. The van der Waals surface area contributed by atoms with Gasteiger partial charge in [0.2, 0.25) is 0 Å². The maximum absolute atomic E-state index is 10.7. The van der Waals surface area contributed by atoms with Crippen molar-refractivity contribution in [3.8, 4) is 0 Å². The Morgan fingerprint density at radius 1 is 1.50 bits per heavy atom. The molecule has 0 rings (SSSR count). The Labute approximate surface area is 65.3 Å². The van der Waals surface area contributed by atoms with E-state index in [0.717, 1.165) is 0 Å². The van der Waals surface area contributed by atoms with Crippen molar-refractivity contribution >= 4 is 17.6 Å². The van der Waals surface area contributed by atoms with Gasteiger partial charge in [-0.1, -0.05) is 0 Å². The molecular weight excluding hydrogens is 156 g/mol. The van der Waals surface area contributed by atoms with Crippen molar-refractivity contribution in [2.24, 2.45) is 0 Å². The summed E-state index contributed by atoms with van der Waals surface area (Å²) in [5.41, 5.74) is 0. The molecule has 0 radical (unpaired) electrons. The second kappa shape index (κ2) is 4.52. The summed E-state index contributed by atoms with van der Waals surface area (Å²) in [5, 5.41) is -0.713. The summed E-state index contributed by atoms with van der Waals surface area (Å²) in [6, 6.07) is 0. The largest absolute Gasteiger partial charge is 0.468 e. The minimum atomic E-state index is -0.713. The van der Waals surface area contributed by atoms with E-state index in [1.807, 2.05) is 0 Å². The zero-order valence-electron chi connectivity index (χ0n) is 6.26. The van der Waals surface area contributed by atoms with E-state index in [0.29, 0.717) is 0 Å². The summed E-state index contributed by atoms with van der Waals surface area (Å²) in [5.74, 6) is -0.462. The molecule has 0 bridgehead atoms. The number of esters is 1. The van der Waals surface area contributed by atoms with E-state index in [4.69, 9.17) is 16.3 Å². The van der Waals surface area contributed by atoms with Gasteiger partial charge in [0.05, 0.1) is 13.2 Å². The number of carbonyl (C=O) groups excluding carboxylic acids is 1.